The van der Waals surface area contributed by atoms with Gasteiger partial charge in [0, 0.05) is 19.5 Å². The normalized spacial score (nSPS) is 12.6. The molecule has 0 spiro atoms. The number of para-hydroxylation sites is 2. The van der Waals surface area contributed by atoms with Crippen molar-refractivity contribution in [1.29, 1.82) is 0 Å². The average Bonchev–Trinajstić information content (AvgIpc) is 2.95. The first-order valence-corrected chi connectivity index (χ1v) is 7.52. The molecule has 0 bridgehead atoms. The van der Waals surface area contributed by atoms with Crippen LogP contribution >= 0.6 is 0 Å². The van der Waals surface area contributed by atoms with Gasteiger partial charge in [-0.05, 0) is 23.6 Å². The molecule has 0 aliphatic carbocycles. The molecule has 3 aromatic rings. The van der Waals surface area contributed by atoms with Gasteiger partial charge in [0.1, 0.15) is 5.82 Å². The summed E-state index contributed by atoms with van der Waals surface area (Å²) in [6.45, 7) is 4.19. The monoisotopic (exact) mass is 279 g/mol. The van der Waals surface area contributed by atoms with Crippen molar-refractivity contribution in [2.24, 2.45) is 0 Å². The fraction of sp³-hybridized carbons (Fsp3) is 0.278. The fourth-order valence-electron chi connectivity index (χ4n) is 2.55. The first-order chi connectivity index (χ1) is 10.3. The van der Waals surface area contributed by atoms with E-state index in [0.29, 0.717) is 5.92 Å². The van der Waals surface area contributed by atoms with Crippen LogP contribution in [0.25, 0.3) is 11.0 Å². The fourth-order valence-corrected chi connectivity index (χ4v) is 2.55. The van der Waals surface area contributed by atoms with Gasteiger partial charge in [-0.3, -0.25) is 0 Å². The van der Waals surface area contributed by atoms with Crippen LogP contribution in [0.4, 0.5) is 0 Å². The number of rotatable bonds is 6. The minimum absolute atomic E-state index is 0.530. The third kappa shape index (κ3) is 3.50. The Labute approximate surface area is 125 Å². The molecule has 0 saturated carbocycles. The molecule has 0 aliphatic heterocycles. The van der Waals surface area contributed by atoms with E-state index in [0.717, 1.165) is 36.4 Å². The maximum atomic E-state index is 4.59. The minimum Gasteiger partial charge on any atom is -0.342 e. The van der Waals surface area contributed by atoms with Crippen LogP contribution in [0.15, 0.2) is 54.6 Å². The number of H-pyrrole nitrogens is 1. The van der Waals surface area contributed by atoms with E-state index in [2.05, 4.69) is 58.6 Å². The van der Waals surface area contributed by atoms with Crippen molar-refractivity contribution in [2.75, 3.05) is 13.1 Å². The van der Waals surface area contributed by atoms with E-state index >= 15 is 0 Å². The zero-order valence-electron chi connectivity index (χ0n) is 12.3. The SMILES string of the molecule is CC(CNCCc1nc2ccccc2[nH]1)c1ccccc1. The zero-order chi connectivity index (χ0) is 14.5. The summed E-state index contributed by atoms with van der Waals surface area (Å²) < 4.78 is 0. The Bertz CT molecular complexity index is 655. The highest BCUT2D eigenvalue weighted by Crippen LogP contribution is 2.13. The van der Waals surface area contributed by atoms with Gasteiger partial charge in [-0.1, -0.05) is 49.4 Å². The van der Waals surface area contributed by atoms with Crippen LogP contribution in [0.1, 0.15) is 24.2 Å². The summed E-state index contributed by atoms with van der Waals surface area (Å²) in [5.41, 5.74) is 3.55. The average molecular weight is 279 g/mol. The molecule has 1 aromatic heterocycles. The van der Waals surface area contributed by atoms with Crippen LogP contribution in [0.5, 0.6) is 0 Å². The number of imidazole rings is 1. The Kier molecular flexibility index (Phi) is 4.31. The Morgan fingerprint density at radius 1 is 1.05 bits per heavy atom. The standard InChI is InChI=1S/C18H21N3/c1-14(15-7-3-2-4-8-15)13-19-12-11-18-20-16-9-5-6-10-17(16)21-18/h2-10,14,19H,11-13H2,1H3,(H,20,21). The molecule has 1 unspecified atom stereocenters. The van der Waals surface area contributed by atoms with E-state index in [9.17, 15) is 0 Å². The summed E-state index contributed by atoms with van der Waals surface area (Å²) in [4.78, 5) is 7.96. The summed E-state index contributed by atoms with van der Waals surface area (Å²) in [7, 11) is 0. The van der Waals surface area contributed by atoms with Crippen LogP contribution in [0.2, 0.25) is 0 Å². The lowest BCUT2D eigenvalue weighted by Crippen LogP contribution is -2.22. The van der Waals surface area contributed by atoms with Crippen molar-refractivity contribution >= 4 is 11.0 Å². The third-order valence-electron chi connectivity index (χ3n) is 3.80. The molecule has 0 saturated heterocycles. The van der Waals surface area contributed by atoms with Gasteiger partial charge in [0.05, 0.1) is 11.0 Å². The van der Waals surface area contributed by atoms with Gasteiger partial charge in [0.25, 0.3) is 0 Å². The maximum Gasteiger partial charge on any atom is 0.108 e. The van der Waals surface area contributed by atoms with Crippen molar-refractivity contribution < 1.29 is 0 Å². The molecule has 0 fully saturated rings. The summed E-state index contributed by atoms with van der Waals surface area (Å²) in [5.74, 6) is 1.58. The highest BCUT2D eigenvalue weighted by Gasteiger charge is 2.05. The Morgan fingerprint density at radius 2 is 1.81 bits per heavy atom. The lowest BCUT2D eigenvalue weighted by Gasteiger charge is -2.12. The predicted molar refractivity (Wildman–Crippen MR) is 87.5 cm³/mol. The van der Waals surface area contributed by atoms with Gasteiger partial charge < -0.3 is 10.3 Å². The second-order valence-corrected chi connectivity index (χ2v) is 5.47. The number of nitrogens with one attached hydrogen (secondary N) is 2. The molecule has 1 heterocycles. The summed E-state index contributed by atoms with van der Waals surface area (Å²) in [5, 5.41) is 3.52. The van der Waals surface area contributed by atoms with E-state index in [1.165, 1.54) is 5.56 Å². The Morgan fingerprint density at radius 3 is 2.62 bits per heavy atom. The Hall–Kier alpha value is -2.13. The van der Waals surface area contributed by atoms with Gasteiger partial charge in [-0.15, -0.1) is 0 Å². The number of benzene rings is 2. The van der Waals surface area contributed by atoms with E-state index in [1.54, 1.807) is 0 Å². The van der Waals surface area contributed by atoms with Crippen molar-refractivity contribution in [3.63, 3.8) is 0 Å². The van der Waals surface area contributed by atoms with Gasteiger partial charge in [-0.25, -0.2) is 4.98 Å². The maximum absolute atomic E-state index is 4.59. The largest absolute Gasteiger partial charge is 0.342 e. The topological polar surface area (TPSA) is 40.7 Å². The third-order valence-corrected chi connectivity index (χ3v) is 3.80. The molecular weight excluding hydrogens is 258 g/mol. The number of aromatic nitrogens is 2. The smallest absolute Gasteiger partial charge is 0.108 e. The van der Waals surface area contributed by atoms with E-state index < -0.39 is 0 Å². The van der Waals surface area contributed by atoms with Crippen molar-refractivity contribution in [1.82, 2.24) is 15.3 Å². The number of nitrogens with zero attached hydrogens (tertiary/aromatic N) is 1. The number of hydrogen-bond acceptors (Lipinski definition) is 2. The first kappa shape index (κ1) is 13.8. The summed E-state index contributed by atoms with van der Waals surface area (Å²) in [6.07, 6.45) is 0.927. The molecule has 108 valence electrons. The highest BCUT2D eigenvalue weighted by molar-refractivity contribution is 5.74. The van der Waals surface area contributed by atoms with Crippen molar-refractivity contribution in [3.05, 3.63) is 66.0 Å². The van der Waals surface area contributed by atoms with Gasteiger partial charge in [-0.2, -0.15) is 0 Å². The molecule has 21 heavy (non-hydrogen) atoms. The molecule has 0 radical (unpaired) electrons. The molecule has 0 amide bonds. The molecular formula is C18H21N3. The van der Waals surface area contributed by atoms with Gasteiger partial charge in [0.15, 0.2) is 0 Å². The van der Waals surface area contributed by atoms with Crippen LogP contribution < -0.4 is 5.32 Å². The molecule has 1 atom stereocenters. The molecule has 2 aromatic carbocycles. The van der Waals surface area contributed by atoms with E-state index in [1.807, 2.05) is 18.2 Å². The van der Waals surface area contributed by atoms with Gasteiger partial charge in [0.2, 0.25) is 0 Å². The zero-order valence-corrected chi connectivity index (χ0v) is 12.3. The molecule has 3 heteroatoms. The molecule has 0 aliphatic rings. The van der Waals surface area contributed by atoms with Crippen LogP contribution in [0.3, 0.4) is 0 Å². The molecule has 3 rings (SSSR count). The van der Waals surface area contributed by atoms with Crippen LogP contribution in [-0.4, -0.2) is 23.1 Å². The predicted octanol–water partition coefficient (Wildman–Crippen LogP) is 3.50. The number of aromatic amines is 1. The quantitative estimate of drug-likeness (QED) is 0.678. The van der Waals surface area contributed by atoms with Crippen LogP contribution in [0, 0.1) is 0 Å². The molecule has 2 N–H and O–H groups in total. The van der Waals surface area contributed by atoms with Crippen LogP contribution in [-0.2, 0) is 6.42 Å². The number of hydrogen-bond donors (Lipinski definition) is 2. The van der Waals surface area contributed by atoms with E-state index in [-0.39, 0.29) is 0 Å². The minimum atomic E-state index is 0.530. The van der Waals surface area contributed by atoms with Crippen molar-refractivity contribution in [3.8, 4) is 0 Å². The first-order valence-electron chi connectivity index (χ1n) is 7.52. The Balaban J connectivity index is 1.48. The highest BCUT2D eigenvalue weighted by atomic mass is 14.9. The summed E-state index contributed by atoms with van der Waals surface area (Å²) in [6, 6.07) is 18.8. The summed E-state index contributed by atoms with van der Waals surface area (Å²) >= 11 is 0. The van der Waals surface area contributed by atoms with E-state index in [4.69, 9.17) is 0 Å². The second kappa shape index (κ2) is 6.55. The lowest BCUT2D eigenvalue weighted by atomic mass is 10.0. The second-order valence-electron chi connectivity index (χ2n) is 5.47. The molecule has 3 nitrogen and oxygen atoms in total. The van der Waals surface area contributed by atoms with Crippen molar-refractivity contribution in [2.45, 2.75) is 19.3 Å². The lowest BCUT2D eigenvalue weighted by molar-refractivity contribution is 0.610. The van der Waals surface area contributed by atoms with Gasteiger partial charge >= 0.3 is 0 Å². The number of fused-ring (bicyclic) bond motifs is 1.